The number of carbonyl (C=O) groups is 1. The third-order valence-corrected chi connectivity index (χ3v) is 3.27. The van der Waals surface area contributed by atoms with Gasteiger partial charge in [0.25, 0.3) is 0 Å². The van der Waals surface area contributed by atoms with Crippen LogP contribution >= 0.6 is 0 Å². The Kier molecular flexibility index (Phi) is 4.39. The Labute approximate surface area is 86.6 Å². The van der Waals surface area contributed by atoms with E-state index in [0.717, 1.165) is 18.9 Å². The van der Waals surface area contributed by atoms with Gasteiger partial charge in [-0.3, -0.25) is 9.69 Å². The van der Waals surface area contributed by atoms with Gasteiger partial charge >= 0.3 is 0 Å². The number of amides is 1. The second-order valence-electron chi connectivity index (χ2n) is 4.42. The van der Waals surface area contributed by atoms with E-state index in [1.807, 2.05) is 14.0 Å². The molecule has 1 aliphatic rings. The van der Waals surface area contributed by atoms with Crippen LogP contribution in [0.1, 0.15) is 39.0 Å². The van der Waals surface area contributed by atoms with E-state index in [0.29, 0.717) is 0 Å². The molecular formula is C11H22N2O. The maximum absolute atomic E-state index is 11.1. The second kappa shape index (κ2) is 5.35. The van der Waals surface area contributed by atoms with E-state index in [1.165, 1.54) is 25.7 Å². The fourth-order valence-electron chi connectivity index (χ4n) is 2.46. The number of rotatable bonds is 5. The summed E-state index contributed by atoms with van der Waals surface area (Å²) in [5.41, 5.74) is 5.34. The molecule has 0 radical (unpaired) electrons. The highest BCUT2D eigenvalue weighted by Crippen LogP contribution is 2.25. The molecule has 0 aromatic rings. The molecule has 2 N–H and O–H groups in total. The first-order chi connectivity index (χ1) is 6.65. The number of nitrogens with zero attached hydrogens (tertiary/aromatic N) is 1. The van der Waals surface area contributed by atoms with Gasteiger partial charge in [-0.15, -0.1) is 0 Å². The molecular weight excluding hydrogens is 176 g/mol. The molecule has 0 aliphatic heterocycles. The molecule has 0 saturated heterocycles. The molecule has 3 heteroatoms. The molecule has 0 heterocycles. The first-order valence-corrected chi connectivity index (χ1v) is 5.64. The fraction of sp³-hybridized carbons (Fsp3) is 0.909. The lowest BCUT2D eigenvalue weighted by atomic mass is 10.1. The van der Waals surface area contributed by atoms with Crippen LogP contribution in [0.5, 0.6) is 0 Å². The van der Waals surface area contributed by atoms with Crippen molar-refractivity contribution in [2.75, 3.05) is 13.6 Å². The SMILES string of the molecule is CCC(C(N)=O)N(C)CC1CCCC1. The van der Waals surface area contributed by atoms with Crippen molar-refractivity contribution in [3.63, 3.8) is 0 Å². The quantitative estimate of drug-likeness (QED) is 0.725. The average molecular weight is 198 g/mol. The third-order valence-electron chi connectivity index (χ3n) is 3.27. The van der Waals surface area contributed by atoms with Gasteiger partial charge in [0.2, 0.25) is 5.91 Å². The monoisotopic (exact) mass is 198 g/mol. The molecule has 0 aromatic carbocycles. The predicted octanol–water partition coefficient (Wildman–Crippen LogP) is 1.37. The van der Waals surface area contributed by atoms with Crippen molar-refractivity contribution in [2.24, 2.45) is 11.7 Å². The number of carbonyl (C=O) groups excluding carboxylic acids is 1. The minimum atomic E-state index is -0.187. The molecule has 14 heavy (non-hydrogen) atoms. The number of hydrogen-bond donors (Lipinski definition) is 1. The highest BCUT2D eigenvalue weighted by Gasteiger charge is 2.23. The lowest BCUT2D eigenvalue weighted by Gasteiger charge is -2.26. The molecule has 0 aromatic heterocycles. The van der Waals surface area contributed by atoms with Crippen molar-refractivity contribution in [1.29, 1.82) is 0 Å². The summed E-state index contributed by atoms with van der Waals surface area (Å²) >= 11 is 0. The Bertz CT molecular complexity index is 188. The molecule has 3 nitrogen and oxygen atoms in total. The largest absolute Gasteiger partial charge is 0.368 e. The maximum Gasteiger partial charge on any atom is 0.234 e. The van der Waals surface area contributed by atoms with Gasteiger partial charge in [0, 0.05) is 6.54 Å². The summed E-state index contributed by atoms with van der Waals surface area (Å²) in [5, 5.41) is 0. The van der Waals surface area contributed by atoms with Crippen LogP contribution in [0.2, 0.25) is 0 Å². The van der Waals surface area contributed by atoms with Crippen LogP contribution in [0.25, 0.3) is 0 Å². The topological polar surface area (TPSA) is 46.3 Å². The summed E-state index contributed by atoms with van der Waals surface area (Å²) in [4.78, 5) is 13.2. The maximum atomic E-state index is 11.1. The normalized spacial score (nSPS) is 20.2. The molecule has 1 saturated carbocycles. The first kappa shape index (κ1) is 11.5. The third kappa shape index (κ3) is 2.98. The molecule has 1 amide bonds. The van der Waals surface area contributed by atoms with Gasteiger partial charge < -0.3 is 5.73 Å². The van der Waals surface area contributed by atoms with Crippen molar-refractivity contribution < 1.29 is 4.79 Å². The molecule has 82 valence electrons. The summed E-state index contributed by atoms with van der Waals surface area (Å²) in [6.45, 7) is 3.04. The van der Waals surface area contributed by atoms with Crippen molar-refractivity contribution in [2.45, 2.75) is 45.1 Å². The lowest BCUT2D eigenvalue weighted by Crippen LogP contribution is -2.43. The molecule has 1 aliphatic carbocycles. The van der Waals surface area contributed by atoms with Crippen LogP contribution in [0, 0.1) is 5.92 Å². The van der Waals surface area contributed by atoms with Gasteiger partial charge in [-0.05, 0) is 32.2 Å². The minimum Gasteiger partial charge on any atom is -0.368 e. The summed E-state index contributed by atoms with van der Waals surface area (Å²) in [5.74, 6) is 0.599. The van der Waals surface area contributed by atoms with Gasteiger partial charge in [-0.1, -0.05) is 19.8 Å². The van der Waals surface area contributed by atoms with E-state index in [-0.39, 0.29) is 11.9 Å². The van der Waals surface area contributed by atoms with Crippen LogP contribution in [0.4, 0.5) is 0 Å². The number of nitrogens with two attached hydrogens (primary N) is 1. The van der Waals surface area contributed by atoms with Crippen molar-refractivity contribution in [3.8, 4) is 0 Å². The molecule has 1 rings (SSSR count). The Balaban J connectivity index is 2.37. The summed E-state index contributed by atoms with van der Waals surface area (Å²) in [6.07, 6.45) is 6.16. The minimum absolute atomic E-state index is 0.0735. The van der Waals surface area contributed by atoms with Crippen LogP contribution in [-0.4, -0.2) is 30.4 Å². The highest BCUT2D eigenvalue weighted by atomic mass is 16.1. The van der Waals surface area contributed by atoms with Gasteiger partial charge in [0.1, 0.15) is 0 Å². The van der Waals surface area contributed by atoms with Gasteiger partial charge in [0.05, 0.1) is 6.04 Å². The number of likely N-dealkylation sites (N-methyl/N-ethyl adjacent to an activating group) is 1. The van der Waals surface area contributed by atoms with Gasteiger partial charge in [-0.2, -0.15) is 0 Å². The average Bonchev–Trinajstić information content (AvgIpc) is 2.57. The van der Waals surface area contributed by atoms with E-state index >= 15 is 0 Å². The van der Waals surface area contributed by atoms with Crippen LogP contribution in [-0.2, 0) is 4.79 Å². The standard InChI is InChI=1S/C11H22N2O/c1-3-10(11(12)14)13(2)8-9-6-4-5-7-9/h9-10H,3-8H2,1-2H3,(H2,12,14). The lowest BCUT2D eigenvalue weighted by molar-refractivity contribution is -0.123. The van der Waals surface area contributed by atoms with Crippen molar-refractivity contribution >= 4 is 5.91 Å². The van der Waals surface area contributed by atoms with Gasteiger partial charge in [0.15, 0.2) is 0 Å². The molecule has 0 bridgehead atoms. The second-order valence-corrected chi connectivity index (χ2v) is 4.42. The summed E-state index contributed by atoms with van der Waals surface area (Å²) < 4.78 is 0. The number of primary amides is 1. The van der Waals surface area contributed by atoms with Gasteiger partial charge in [-0.25, -0.2) is 0 Å². The van der Waals surface area contributed by atoms with E-state index < -0.39 is 0 Å². The van der Waals surface area contributed by atoms with Crippen LogP contribution < -0.4 is 5.73 Å². The summed E-state index contributed by atoms with van der Waals surface area (Å²) in [7, 11) is 2.01. The Morgan fingerprint density at radius 1 is 1.50 bits per heavy atom. The first-order valence-electron chi connectivity index (χ1n) is 5.64. The van der Waals surface area contributed by atoms with Crippen molar-refractivity contribution in [1.82, 2.24) is 4.90 Å². The van der Waals surface area contributed by atoms with Crippen LogP contribution in [0.3, 0.4) is 0 Å². The predicted molar refractivity (Wildman–Crippen MR) is 57.9 cm³/mol. The Morgan fingerprint density at radius 3 is 2.50 bits per heavy atom. The smallest absolute Gasteiger partial charge is 0.234 e. The molecule has 0 spiro atoms. The molecule has 1 fully saturated rings. The van der Waals surface area contributed by atoms with Crippen molar-refractivity contribution in [3.05, 3.63) is 0 Å². The van der Waals surface area contributed by atoms with E-state index in [4.69, 9.17) is 5.73 Å². The van der Waals surface area contributed by atoms with E-state index in [2.05, 4.69) is 4.90 Å². The zero-order valence-electron chi connectivity index (χ0n) is 9.33. The zero-order chi connectivity index (χ0) is 10.6. The highest BCUT2D eigenvalue weighted by molar-refractivity contribution is 5.79. The summed E-state index contributed by atoms with van der Waals surface area (Å²) in [6, 6.07) is -0.0735. The van der Waals surface area contributed by atoms with E-state index in [1.54, 1.807) is 0 Å². The van der Waals surface area contributed by atoms with Crippen LogP contribution in [0.15, 0.2) is 0 Å². The molecule has 1 atom stereocenters. The zero-order valence-corrected chi connectivity index (χ0v) is 9.33. The number of hydrogen-bond acceptors (Lipinski definition) is 2. The Hall–Kier alpha value is -0.570. The molecule has 1 unspecified atom stereocenters. The van der Waals surface area contributed by atoms with E-state index in [9.17, 15) is 4.79 Å². The fourth-order valence-corrected chi connectivity index (χ4v) is 2.46. The Morgan fingerprint density at radius 2 is 2.07 bits per heavy atom.